The molecule has 0 spiro atoms. The van der Waals surface area contributed by atoms with Crippen LogP contribution in [0.2, 0.25) is 0 Å². The summed E-state index contributed by atoms with van der Waals surface area (Å²) in [5, 5.41) is 3.87. The predicted octanol–water partition coefficient (Wildman–Crippen LogP) is 2.41. The molecule has 0 saturated heterocycles. The van der Waals surface area contributed by atoms with Gasteiger partial charge in [-0.05, 0) is 31.9 Å². The van der Waals surface area contributed by atoms with Gasteiger partial charge in [-0.2, -0.15) is 0 Å². The molecule has 2 heterocycles. The van der Waals surface area contributed by atoms with Crippen LogP contribution in [0.1, 0.15) is 28.2 Å². The van der Waals surface area contributed by atoms with Crippen molar-refractivity contribution in [3.05, 3.63) is 35.1 Å². The highest BCUT2D eigenvalue weighted by atomic mass is 32.1. The van der Waals surface area contributed by atoms with Gasteiger partial charge in [-0.3, -0.25) is 9.78 Å². The van der Waals surface area contributed by atoms with Gasteiger partial charge >= 0.3 is 0 Å². The van der Waals surface area contributed by atoms with Gasteiger partial charge < -0.3 is 5.32 Å². The molecule has 1 amide bonds. The molecular formula is C13H13N3OS. The van der Waals surface area contributed by atoms with Gasteiger partial charge in [0.15, 0.2) is 0 Å². The first kappa shape index (κ1) is 11.3. The van der Waals surface area contributed by atoms with Crippen molar-refractivity contribution in [2.75, 3.05) is 0 Å². The van der Waals surface area contributed by atoms with Crippen LogP contribution in [0.3, 0.4) is 0 Å². The Hall–Kier alpha value is -1.75. The fourth-order valence-electron chi connectivity index (χ4n) is 1.70. The minimum absolute atomic E-state index is 0.00723. The lowest BCUT2D eigenvalue weighted by molar-refractivity contribution is 0.0954. The van der Waals surface area contributed by atoms with E-state index in [2.05, 4.69) is 15.3 Å². The van der Waals surface area contributed by atoms with Crippen LogP contribution in [-0.4, -0.2) is 21.9 Å². The fraction of sp³-hybridized carbons (Fsp3) is 0.308. The number of carbonyl (C=O) groups is 1. The molecule has 0 aliphatic heterocycles. The number of pyridine rings is 1. The summed E-state index contributed by atoms with van der Waals surface area (Å²) >= 11 is 1.44. The Morgan fingerprint density at radius 1 is 1.39 bits per heavy atom. The summed E-state index contributed by atoms with van der Waals surface area (Å²) in [5.41, 5.74) is 1.80. The molecule has 1 saturated carbocycles. The Morgan fingerprint density at radius 2 is 2.11 bits per heavy atom. The van der Waals surface area contributed by atoms with Gasteiger partial charge in [-0.25, -0.2) is 4.98 Å². The average Bonchev–Trinajstić information content (AvgIpc) is 3.10. The number of hydrogen-bond acceptors (Lipinski definition) is 4. The molecule has 0 aromatic carbocycles. The SMILES string of the molecule is Cc1nc(-c2ccncc2)sc1C(=O)NC1CC1. The van der Waals surface area contributed by atoms with E-state index in [9.17, 15) is 4.79 Å². The number of thiazole rings is 1. The van der Waals surface area contributed by atoms with Crippen LogP contribution in [0.25, 0.3) is 10.6 Å². The summed E-state index contributed by atoms with van der Waals surface area (Å²) in [5.74, 6) is 0.00723. The third-order valence-corrected chi connectivity index (χ3v) is 4.05. The van der Waals surface area contributed by atoms with Gasteiger partial charge in [-0.15, -0.1) is 11.3 Å². The highest BCUT2D eigenvalue weighted by Crippen LogP contribution is 2.28. The lowest BCUT2D eigenvalue weighted by Crippen LogP contribution is -2.25. The Labute approximate surface area is 109 Å². The molecule has 0 radical (unpaired) electrons. The smallest absolute Gasteiger partial charge is 0.263 e. The molecule has 5 heteroatoms. The normalized spacial score (nSPS) is 14.5. The van der Waals surface area contributed by atoms with Crippen LogP contribution in [0.4, 0.5) is 0 Å². The highest BCUT2D eigenvalue weighted by Gasteiger charge is 2.25. The van der Waals surface area contributed by atoms with E-state index < -0.39 is 0 Å². The Kier molecular flexibility index (Phi) is 2.83. The molecule has 2 aromatic heterocycles. The van der Waals surface area contributed by atoms with E-state index in [1.54, 1.807) is 12.4 Å². The molecule has 1 fully saturated rings. The van der Waals surface area contributed by atoms with Crippen LogP contribution >= 0.6 is 11.3 Å². The van der Waals surface area contributed by atoms with Crippen molar-refractivity contribution in [2.24, 2.45) is 0 Å². The van der Waals surface area contributed by atoms with Crippen molar-refractivity contribution in [2.45, 2.75) is 25.8 Å². The summed E-state index contributed by atoms with van der Waals surface area (Å²) in [4.78, 5) is 21.2. The summed E-state index contributed by atoms with van der Waals surface area (Å²) in [6.07, 6.45) is 5.66. The van der Waals surface area contributed by atoms with Crippen LogP contribution < -0.4 is 5.32 Å². The van der Waals surface area contributed by atoms with E-state index in [-0.39, 0.29) is 5.91 Å². The number of aromatic nitrogens is 2. The van der Waals surface area contributed by atoms with E-state index in [0.717, 1.165) is 29.1 Å². The molecule has 4 nitrogen and oxygen atoms in total. The maximum absolute atomic E-state index is 12.0. The number of nitrogens with one attached hydrogen (secondary N) is 1. The zero-order valence-electron chi connectivity index (χ0n) is 10.0. The summed E-state index contributed by atoms with van der Waals surface area (Å²) < 4.78 is 0. The second kappa shape index (κ2) is 4.49. The van der Waals surface area contributed by atoms with Crippen molar-refractivity contribution < 1.29 is 4.79 Å². The van der Waals surface area contributed by atoms with Crippen LogP contribution in [-0.2, 0) is 0 Å². The Balaban J connectivity index is 1.88. The summed E-state index contributed by atoms with van der Waals surface area (Å²) in [6, 6.07) is 4.19. The van der Waals surface area contributed by atoms with E-state index in [1.807, 2.05) is 19.1 Å². The van der Waals surface area contributed by atoms with Gasteiger partial charge in [0, 0.05) is 24.0 Å². The van der Waals surface area contributed by atoms with Crippen molar-refractivity contribution in [3.63, 3.8) is 0 Å². The number of aryl methyl sites for hydroxylation is 1. The van der Waals surface area contributed by atoms with Gasteiger partial charge in [0.2, 0.25) is 0 Å². The third-order valence-electron chi connectivity index (χ3n) is 2.84. The standard InChI is InChI=1S/C13H13N3OS/c1-8-11(12(17)16-10-2-3-10)18-13(15-8)9-4-6-14-7-5-9/h4-7,10H,2-3H2,1H3,(H,16,17). The van der Waals surface area contributed by atoms with Gasteiger partial charge in [0.05, 0.1) is 5.69 Å². The van der Waals surface area contributed by atoms with Gasteiger partial charge in [-0.1, -0.05) is 0 Å². The van der Waals surface area contributed by atoms with Crippen LogP contribution in [0, 0.1) is 6.92 Å². The Bertz CT molecular complexity index is 575. The first-order chi connectivity index (χ1) is 8.74. The number of hydrogen-bond donors (Lipinski definition) is 1. The quantitative estimate of drug-likeness (QED) is 0.921. The molecule has 3 rings (SSSR count). The molecule has 92 valence electrons. The van der Waals surface area contributed by atoms with Crippen LogP contribution in [0.5, 0.6) is 0 Å². The molecule has 2 aromatic rings. The second-order valence-electron chi connectivity index (χ2n) is 4.42. The average molecular weight is 259 g/mol. The zero-order chi connectivity index (χ0) is 12.5. The van der Waals surface area contributed by atoms with Gasteiger partial charge in [0.25, 0.3) is 5.91 Å². The number of nitrogens with zero attached hydrogens (tertiary/aromatic N) is 2. The molecule has 1 aliphatic rings. The van der Waals surface area contributed by atoms with E-state index in [0.29, 0.717) is 10.9 Å². The number of amides is 1. The minimum Gasteiger partial charge on any atom is -0.349 e. The first-order valence-electron chi connectivity index (χ1n) is 5.93. The lowest BCUT2D eigenvalue weighted by atomic mass is 10.3. The van der Waals surface area contributed by atoms with Gasteiger partial charge in [0.1, 0.15) is 9.88 Å². The summed E-state index contributed by atoms with van der Waals surface area (Å²) in [7, 11) is 0. The largest absolute Gasteiger partial charge is 0.349 e. The number of rotatable bonds is 3. The van der Waals surface area contributed by atoms with E-state index in [4.69, 9.17) is 0 Å². The predicted molar refractivity (Wildman–Crippen MR) is 70.6 cm³/mol. The first-order valence-corrected chi connectivity index (χ1v) is 6.74. The van der Waals surface area contributed by atoms with Crippen molar-refractivity contribution in [3.8, 4) is 10.6 Å². The van der Waals surface area contributed by atoms with E-state index in [1.165, 1.54) is 11.3 Å². The third kappa shape index (κ3) is 2.26. The lowest BCUT2D eigenvalue weighted by Gasteiger charge is -1.99. The summed E-state index contributed by atoms with van der Waals surface area (Å²) in [6.45, 7) is 1.88. The molecule has 0 bridgehead atoms. The van der Waals surface area contributed by atoms with Crippen molar-refractivity contribution >= 4 is 17.2 Å². The highest BCUT2D eigenvalue weighted by molar-refractivity contribution is 7.17. The topological polar surface area (TPSA) is 54.9 Å². The Morgan fingerprint density at radius 3 is 2.78 bits per heavy atom. The minimum atomic E-state index is 0.00723. The van der Waals surface area contributed by atoms with Crippen molar-refractivity contribution in [1.29, 1.82) is 0 Å². The molecule has 18 heavy (non-hydrogen) atoms. The molecule has 1 N–H and O–H groups in total. The maximum Gasteiger partial charge on any atom is 0.263 e. The maximum atomic E-state index is 12.0. The van der Waals surface area contributed by atoms with E-state index >= 15 is 0 Å². The zero-order valence-corrected chi connectivity index (χ0v) is 10.8. The molecule has 0 atom stereocenters. The molecular weight excluding hydrogens is 246 g/mol. The fourth-order valence-corrected chi connectivity index (χ4v) is 2.68. The molecule has 0 unspecified atom stereocenters. The molecule has 1 aliphatic carbocycles. The number of carbonyl (C=O) groups excluding carboxylic acids is 1. The monoisotopic (exact) mass is 259 g/mol. The van der Waals surface area contributed by atoms with Crippen LogP contribution in [0.15, 0.2) is 24.5 Å². The second-order valence-corrected chi connectivity index (χ2v) is 5.42. The van der Waals surface area contributed by atoms with Crippen molar-refractivity contribution in [1.82, 2.24) is 15.3 Å².